The maximum atomic E-state index is 13.5. The Labute approximate surface area is 160 Å². The van der Waals surface area contributed by atoms with Crippen molar-refractivity contribution in [2.75, 3.05) is 0 Å². The van der Waals surface area contributed by atoms with Gasteiger partial charge in [0.15, 0.2) is 0 Å². The molecule has 2 heterocycles. The van der Waals surface area contributed by atoms with Crippen molar-refractivity contribution in [3.63, 3.8) is 0 Å². The predicted molar refractivity (Wildman–Crippen MR) is 100 cm³/mol. The Morgan fingerprint density at radius 3 is 2.42 bits per heavy atom. The average molecular weight is 393 g/mol. The van der Waals surface area contributed by atoms with E-state index in [1.807, 2.05) is 22.9 Å². The van der Waals surface area contributed by atoms with Gasteiger partial charge in [0, 0.05) is 41.5 Å². The van der Waals surface area contributed by atoms with Crippen molar-refractivity contribution in [1.29, 1.82) is 0 Å². The molecule has 1 unspecified atom stereocenters. The Bertz CT molecular complexity index is 959. The first-order chi connectivity index (χ1) is 12.4. The van der Waals surface area contributed by atoms with E-state index in [1.165, 1.54) is 12.1 Å². The van der Waals surface area contributed by atoms with Gasteiger partial charge in [0.05, 0.1) is 16.8 Å². The number of hydrogen-bond donors (Lipinski definition) is 1. The van der Waals surface area contributed by atoms with E-state index in [-0.39, 0.29) is 11.6 Å². The normalized spacial score (nSPS) is 16.7. The molecule has 4 rings (SSSR count). The van der Waals surface area contributed by atoms with E-state index in [9.17, 15) is 8.78 Å². The fourth-order valence-corrected chi connectivity index (χ4v) is 3.90. The number of fused-ring (bicyclic) bond motifs is 3. The van der Waals surface area contributed by atoms with Crippen molar-refractivity contribution >= 4 is 23.2 Å². The molecule has 0 spiro atoms. The zero-order valence-corrected chi connectivity index (χ0v) is 15.5. The Morgan fingerprint density at radius 1 is 1.04 bits per heavy atom. The molecular weight excluding hydrogens is 377 g/mol. The van der Waals surface area contributed by atoms with Gasteiger partial charge in [-0.25, -0.2) is 8.78 Å². The van der Waals surface area contributed by atoms with Crippen LogP contribution >= 0.6 is 23.2 Å². The molecule has 0 fully saturated rings. The molecule has 1 aliphatic rings. The first-order valence-corrected chi connectivity index (χ1v) is 8.98. The largest absolute Gasteiger partial charge is 0.317 e. The fourth-order valence-electron chi connectivity index (χ4n) is 3.41. The molecule has 0 saturated heterocycles. The lowest BCUT2D eigenvalue weighted by Gasteiger charge is -2.19. The van der Waals surface area contributed by atoms with Crippen molar-refractivity contribution in [2.45, 2.75) is 25.4 Å². The van der Waals surface area contributed by atoms with Gasteiger partial charge in [-0.3, -0.25) is 0 Å². The first kappa shape index (κ1) is 17.5. The van der Waals surface area contributed by atoms with Gasteiger partial charge in [-0.2, -0.15) is 0 Å². The number of nitrogens with zero attached hydrogens (tertiary/aromatic N) is 1. The summed E-state index contributed by atoms with van der Waals surface area (Å²) in [5.41, 5.74) is 3.64. The molecule has 0 radical (unpaired) electrons. The van der Waals surface area contributed by atoms with Crippen molar-refractivity contribution in [1.82, 2.24) is 9.88 Å². The molecule has 1 atom stereocenters. The summed E-state index contributed by atoms with van der Waals surface area (Å²) in [6.07, 6.45) is 1.94. The third kappa shape index (κ3) is 2.92. The monoisotopic (exact) mass is 392 g/mol. The highest BCUT2D eigenvalue weighted by Gasteiger charge is 2.27. The zero-order valence-electron chi connectivity index (χ0n) is 13.9. The van der Waals surface area contributed by atoms with Crippen LogP contribution in [-0.2, 0) is 12.5 Å². The molecule has 1 aromatic heterocycles. The molecule has 2 aromatic carbocycles. The van der Waals surface area contributed by atoms with E-state index < -0.39 is 5.92 Å². The van der Waals surface area contributed by atoms with Crippen molar-refractivity contribution in [2.24, 2.45) is 0 Å². The third-order valence-corrected chi connectivity index (χ3v) is 5.39. The van der Waals surface area contributed by atoms with Gasteiger partial charge in [-0.15, -0.1) is 0 Å². The summed E-state index contributed by atoms with van der Waals surface area (Å²) >= 11 is 12.8. The molecule has 6 heteroatoms. The van der Waals surface area contributed by atoms with Crippen molar-refractivity contribution in [3.05, 3.63) is 87.2 Å². The number of halogens is 4. The Morgan fingerprint density at radius 2 is 1.73 bits per heavy atom. The van der Waals surface area contributed by atoms with Gasteiger partial charge >= 0.3 is 0 Å². The first-order valence-electron chi connectivity index (χ1n) is 8.22. The highest BCUT2D eigenvalue weighted by molar-refractivity contribution is 6.35. The van der Waals surface area contributed by atoms with E-state index >= 15 is 0 Å². The molecule has 0 saturated carbocycles. The van der Waals surface area contributed by atoms with Crippen LogP contribution in [0.1, 0.15) is 35.3 Å². The van der Waals surface area contributed by atoms with Gasteiger partial charge in [-0.05, 0) is 29.8 Å². The molecule has 134 valence electrons. The molecule has 1 aliphatic heterocycles. The molecule has 0 amide bonds. The maximum Gasteiger partial charge on any atom is 0.270 e. The van der Waals surface area contributed by atoms with Gasteiger partial charge < -0.3 is 9.88 Å². The molecule has 26 heavy (non-hydrogen) atoms. The van der Waals surface area contributed by atoms with Crippen molar-refractivity contribution in [3.8, 4) is 5.69 Å². The van der Waals surface area contributed by atoms with E-state index in [2.05, 4.69) is 5.32 Å². The average Bonchev–Trinajstić information content (AvgIpc) is 3.00. The zero-order chi connectivity index (χ0) is 18.5. The summed E-state index contributed by atoms with van der Waals surface area (Å²) in [5, 5.41) is 4.72. The lowest BCUT2D eigenvalue weighted by molar-refractivity contribution is 0.0174. The Kier molecular flexibility index (Phi) is 4.30. The Hall–Kier alpha value is -1.88. The van der Waals surface area contributed by atoms with Crippen LogP contribution in [0.2, 0.25) is 10.0 Å². The summed E-state index contributed by atoms with van der Waals surface area (Å²) in [5.74, 6) is -2.85. The van der Waals surface area contributed by atoms with Crippen LogP contribution in [0.4, 0.5) is 8.78 Å². The quantitative estimate of drug-likeness (QED) is 0.558. The minimum Gasteiger partial charge on any atom is -0.317 e. The summed E-state index contributed by atoms with van der Waals surface area (Å²) in [7, 11) is 0. The molecule has 0 bridgehead atoms. The topological polar surface area (TPSA) is 17.0 Å². The van der Waals surface area contributed by atoms with E-state index in [0.717, 1.165) is 29.4 Å². The highest BCUT2D eigenvalue weighted by atomic mass is 35.5. The summed E-state index contributed by atoms with van der Waals surface area (Å²) in [6, 6.07) is 13.8. The number of nitrogens with one attached hydrogen (secondary N) is 1. The standard InChI is InChI=1S/C20H16Cl2F2N2/c1-20(23,24)13-6-4-12(5-7-13)18-17-3-2-10-26(17)19-14(11-25-18)15(21)8-9-16(19)22/h2-10,18,25H,11H2,1H3. The fraction of sp³-hybridized carbons (Fsp3) is 0.200. The van der Waals surface area contributed by atoms with Crippen molar-refractivity contribution < 1.29 is 8.78 Å². The lowest BCUT2D eigenvalue weighted by atomic mass is 10.0. The number of alkyl halides is 2. The van der Waals surface area contributed by atoms with Crippen LogP contribution < -0.4 is 5.32 Å². The summed E-state index contributed by atoms with van der Waals surface area (Å²) < 4.78 is 29.0. The van der Waals surface area contributed by atoms with E-state index in [0.29, 0.717) is 16.6 Å². The molecule has 3 aromatic rings. The Balaban J connectivity index is 1.81. The smallest absolute Gasteiger partial charge is 0.270 e. The maximum absolute atomic E-state index is 13.5. The predicted octanol–water partition coefficient (Wildman–Crippen LogP) is 6.09. The lowest BCUT2D eigenvalue weighted by Crippen LogP contribution is -2.21. The van der Waals surface area contributed by atoms with Crippen LogP contribution in [0.25, 0.3) is 5.69 Å². The molecular formula is C20H16Cl2F2N2. The highest BCUT2D eigenvalue weighted by Crippen LogP contribution is 2.37. The van der Waals surface area contributed by atoms with E-state index in [4.69, 9.17) is 23.2 Å². The second-order valence-electron chi connectivity index (χ2n) is 6.48. The van der Waals surface area contributed by atoms with Crippen LogP contribution in [0.3, 0.4) is 0 Å². The number of rotatable bonds is 2. The minimum atomic E-state index is -2.85. The number of benzene rings is 2. The van der Waals surface area contributed by atoms with Crippen LogP contribution in [0.5, 0.6) is 0 Å². The van der Waals surface area contributed by atoms with Crippen LogP contribution in [0, 0.1) is 0 Å². The SMILES string of the molecule is CC(F)(F)c1ccc(C2NCc3c(Cl)ccc(Cl)c3-n3cccc32)cc1. The second kappa shape index (κ2) is 6.38. The summed E-state index contributed by atoms with van der Waals surface area (Å²) in [6.45, 7) is 1.42. The summed E-state index contributed by atoms with van der Waals surface area (Å²) in [4.78, 5) is 0. The minimum absolute atomic E-state index is 0.000343. The second-order valence-corrected chi connectivity index (χ2v) is 7.30. The number of aromatic nitrogens is 1. The van der Waals surface area contributed by atoms with Gasteiger partial charge in [0.1, 0.15) is 0 Å². The molecule has 2 nitrogen and oxygen atoms in total. The van der Waals surface area contributed by atoms with E-state index in [1.54, 1.807) is 24.3 Å². The third-order valence-electron chi connectivity index (χ3n) is 4.73. The van der Waals surface area contributed by atoms with Gasteiger partial charge in [0.2, 0.25) is 0 Å². The van der Waals surface area contributed by atoms with Crippen LogP contribution in [0.15, 0.2) is 54.7 Å². The van der Waals surface area contributed by atoms with Crippen LogP contribution in [-0.4, -0.2) is 4.57 Å². The van der Waals surface area contributed by atoms with Gasteiger partial charge in [-0.1, -0.05) is 47.5 Å². The van der Waals surface area contributed by atoms with Gasteiger partial charge in [0.25, 0.3) is 5.92 Å². The number of hydrogen-bond acceptors (Lipinski definition) is 1. The molecule has 0 aliphatic carbocycles. The molecule has 1 N–H and O–H groups in total.